The minimum atomic E-state index is -0.332. The van der Waals surface area contributed by atoms with E-state index in [1.807, 2.05) is 5.38 Å². The third-order valence-electron chi connectivity index (χ3n) is 2.02. The summed E-state index contributed by atoms with van der Waals surface area (Å²) in [5.74, 6) is -0.332. The van der Waals surface area contributed by atoms with Crippen LogP contribution in [-0.2, 0) is 6.42 Å². The Bertz CT molecular complexity index is 316. The van der Waals surface area contributed by atoms with Gasteiger partial charge in [-0.2, -0.15) is 0 Å². The number of thiophene rings is 1. The van der Waals surface area contributed by atoms with Crippen LogP contribution in [0.3, 0.4) is 0 Å². The van der Waals surface area contributed by atoms with Crippen molar-refractivity contribution in [1.29, 1.82) is 0 Å². The highest BCUT2D eigenvalue weighted by Gasteiger charge is 2.18. The fourth-order valence-corrected chi connectivity index (χ4v) is 2.48. The molecule has 2 radical (unpaired) electrons. The van der Waals surface area contributed by atoms with Gasteiger partial charge in [-0.3, -0.25) is 4.79 Å². The molecule has 1 aliphatic carbocycles. The third kappa shape index (κ3) is 1.14. The first-order valence-corrected chi connectivity index (χ1v) is 4.81. The number of hydrogen-bond donors (Lipinski definition) is 1. The molecule has 2 nitrogen and oxygen atoms in total. The summed E-state index contributed by atoms with van der Waals surface area (Å²) in [6.07, 6.45) is 6.36. The molecule has 0 saturated heterocycles. The minimum absolute atomic E-state index is 0.332. The number of amides is 1. The monoisotopic (exact) mass is 179 g/mol. The molecule has 1 amide bonds. The molecule has 1 aromatic heterocycles. The lowest BCUT2D eigenvalue weighted by Crippen LogP contribution is -2.13. The van der Waals surface area contributed by atoms with Gasteiger partial charge in [0.25, 0.3) is 0 Å². The smallest absolute Gasteiger partial charge is 0.249 e. The molecular weight excluding hydrogens is 170 g/mol. The average Bonchev–Trinajstić information content (AvgIpc) is 2.47. The van der Waals surface area contributed by atoms with Crippen LogP contribution in [0, 0.1) is 6.42 Å². The van der Waals surface area contributed by atoms with Crippen LogP contribution in [0.2, 0.25) is 0 Å². The van der Waals surface area contributed by atoms with E-state index in [0.29, 0.717) is 5.56 Å². The molecule has 0 unspecified atom stereocenters. The van der Waals surface area contributed by atoms with Gasteiger partial charge >= 0.3 is 0 Å². The lowest BCUT2D eigenvalue weighted by molar-refractivity contribution is 0.1000. The first-order valence-electron chi connectivity index (χ1n) is 3.93. The van der Waals surface area contributed by atoms with Crippen LogP contribution < -0.4 is 5.73 Å². The number of rotatable bonds is 1. The molecule has 1 aliphatic rings. The van der Waals surface area contributed by atoms with Crippen molar-refractivity contribution < 1.29 is 4.79 Å². The summed E-state index contributed by atoms with van der Waals surface area (Å²) in [6.45, 7) is 0. The van der Waals surface area contributed by atoms with Gasteiger partial charge in [-0.1, -0.05) is 0 Å². The van der Waals surface area contributed by atoms with Crippen molar-refractivity contribution >= 4 is 17.2 Å². The number of carbonyl (C=O) groups excluding carboxylic acids is 1. The van der Waals surface area contributed by atoms with E-state index in [9.17, 15) is 4.79 Å². The van der Waals surface area contributed by atoms with Crippen molar-refractivity contribution in [2.45, 2.75) is 19.3 Å². The van der Waals surface area contributed by atoms with Crippen molar-refractivity contribution in [3.8, 4) is 0 Å². The van der Waals surface area contributed by atoms with Gasteiger partial charge < -0.3 is 5.73 Å². The molecule has 0 atom stereocenters. The van der Waals surface area contributed by atoms with Crippen LogP contribution in [-0.4, -0.2) is 5.91 Å². The standard InChI is InChI=1S/C9H9NOS/c10-9(11)7-5-12-8-4-2-1-3-6(7)8/h5H,1-2,4H2,(H2,10,11). The summed E-state index contributed by atoms with van der Waals surface area (Å²) < 4.78 is 0. The predicted octanol–water partition coefficient (Wildman–Crippen LogP) is 1.61. The molecule has 62 valence electrons. The second-order valence-corrected chi connectivity index (χ2v) is 3.81. The van der Waals surface area contributed by atoms with Crippen LogP contribution in [0.1, 0.15) is 33.6 Å². The van der Waals surface area contributed by atoms with Gasteiger partial charge in [0.2, 0.25) is 5.91 Å². The van der Waals surface area contributed by atoms with Gasteiger partial charge in [0.05, 0.1) is 5.56 Å². The second-order valence-electron chi connectivity index (χ2n) is 2.84. The van der Waals surface area contributed by atoms with Crippen LogP contribution in [0.4, 0.5) is 0 Å². The molecule has 1 heterocycles. The Morgan fingerprint density at radius 2 is 2.50 bits per heavy atom. The zero-order chi connectivity index (χ0) is 8.55. The van der Waals surface area contributed by atoms with E-state index in [-0.39, 0.29) is 5.91 Å². The fraction of sp³-hybridized carbons (Fsp3) is 0.333. The highest BCUT2D eigenvalue weighted by atomic mass is 32.1. The summed E-state index contributed by atoms with van der Waals surface area (Å²) in [4.78, 5) is 12.2. The van der Waals surface area contributed by atoms with Gasteiger partial charge in [0, 0.05) is 16.7 Å². The van der Waals surface area contributed by atoms with Gasteiger partial charge in [-0.15, -0.1) is 11.3 Å². The Labute approximate surface area is 75.4 Å². The van der Waals surface area contributed by atoms with E-state index in [2.05, 4.69) is 6.42 Å². The van der Waals surface area contributed by atoms with Crippen molar-refractivity contribution in [3.05, 3.63) is 27.8 Å². The van der Waals surface area contributed by atoms with E-state index in [1.54, 1.807) is 11.3 Å². The number of aryl methyl sites for hydroxylation is 1. The van der Waals surface area contributed by atoms with Gasteiger partial charge in [-0.05, 0) is 24.8 Å². The second kappa shape index (κ2) is 2.90. The number of nitrogens with two attached hydrogens (primary N) is 1. The minimum Gasteiger partial charge on any atom is -0.366 e. The quantitative estimate of drug-likeness (QED) is 0.699. The molecule has 2 rings (SSSR count). The lowest BCUT2D eigenvalue weighted by atomic mass is 9.96. The van der Waals surface area contributed by atoms with Gasteiger partial charge in [0.1, 0.15) is 0 Å². The van der Waals surface area contributed by atoms with E-state index in [4.69, 9.17) is 5.73 Å². The van der Waals surface area contributed by atoms with E-state index < -0.39 is 0 Å². The highest BCUT2D eigenvalue weighted by molar-refractivity contribution is 7.10. The van der Waals surface area contributed by atoms with E-state index in [0.717, 1.165) is 24.8 Å². The Balaban J connectivity index is 2.44. The van der Waals surface area contributed by atoms with Gasteiger partial charge in [0.15, 0.2) is 0 Å². The molecule has 12 heavy (non-hydrogen) atoms. The Hall–Kier alpha value is -0.830. The largest absolute Gasteiger partial charge is 0.366 e. The first kappa shape index (κ1) is 7.80. The SMILES string of the molecule is NC(=O)c1csc2c1[C]CCC2. The van der Waals surface area contributed by atoms with Crippen LogP contribution in [0.5, 0.6) is 0 Å². The normalized spacial score (nSPS) is 15.7. The fourth-order valence-electron chi connectivity index (χ4n) is 1.42. The molecule has 0 aromatic carbocycles. The predicted molar refractivity (Wildman–Crippen MR) is 48.1 cm³/mol. The van der Waals surface area contributed by atoms with E-state index in [1.165, 1.54) is 4.88 Å². The maximum atomic E-state index is 10.9. The molecule has 0 spiro atoms. The zero-order valence-electron chi connectivity index (χ0n) is 6.59. The Morgan fingerprint density at radius 1 is 1.67 bits per heavy atom. The summed E-state index contributed by atoms with van der Waals surface area (Å²) in [7, 11) is 0. The Morgan fingerprint density at radius 3 is 3.25 bits per heavy atom. The van der Waals surface area contributed by atoms with Crippen molar-refractivity contribution in [1.82, 2.24) is 0 Å². The number of primary amides is 1. The molecule has 0 aliphatic heterocycles. The molecule has 1 aromatic rings. The van der Waals surface area contributed by atoms with Crippen molar-refractivity contribution in [2.24, 2.45) is 5.73 Å². The number of hydrogen-bond acceptors (Lipinski definition) is 2. The average molecular weight is 179 g/mol. The maximum absolute atomic E-state index is 10.9. The van der Waals surface area contributed by atoms with Crippen molar-refractivity contribution in [2.75, 3.05) is 0 Å². The topological polar surface area (TPSA) is 43.1 Å². The Kier molecular flexibility index (Phi) is 1.89. The summed E-state index contributed by atoms with van der Waals surface area (Å²) in [5.41, 5.74) is 6.83. The first-order chi connectivity index (χ1) is 5.79. The summed E-state index contributed by atoms with van der Waals surface area (Å²) in [6, 6.07) is 0. The number of carbonyl (C=O) groups is 1. The zero-order valence-corrected chi connectivity index (χ0v) is 7.41. The molecule has 0 saturated carbocycles. The highest BCUT2D eigenvalue weighted by Crippen LogP contribution is 2.30. The molecule has 3 heteroatoms. The van der Waals surface area contributed by atoms with Crippen LogP contribution >= 0.6 is 11.3 Å². The van der Waals surface area contributed by atoms with Crippen LogP contribution in [0.15, 0.2) is 5.38 Å². The maximum Gasteiger partial charge on any atom is 0.249 e. The van der Waals surface area contributed by atoms with Crippen molar-refractivity contribution in [3.63, 3.8) is 0 Å². The van der Waals surface area contributed by atoms with E-state index >= 15 is 0 Å². The lowest BCUT2D eigenvalue weighted by Gasteiger charge is -2.10. The van der Waals surface area contributed by atoms with Gasteiger partial charge in [-0.25, -0.2) is 0 Å². The summed E-state index contributed by atoms with van der Waals surface area (Å²) in [5, 5.41) is 1.84. The molecule has 0 fully saturated rings. The number of fused-ring (bicyclic) bond motifs is 1. The molecule has 2 N–H and O–H groups in total. The van der Waals surface area contributed by atoms with Crippen LogP contribution in [0.25, 0.3) is 0 Å². The third-order valence-corrected chi connectivity index (χ3v) is 3.06. The molecular formula is C9H9NOS. The summed E-state index contributed by atoms with van der Waals surface area (Å²) >= 11 is 1.62. The molecule has 0 bridgehead atoms.